The van der Waals surface area contributed by atoms with E-state index in [4.69, 9.17) is 9.47 Å². The summed E-state index contributed by atoms with van der Waals surface area (Å²) in [5, 5.41) is 8.67. The lowest BCUT2D eigenvalue weighted by Crippen LogP contribution is -2.37. The summed E-state index contributed by atoms with van der Waals surface area (Å²) in [4.78, 5) is 5.48. The van der Waals surface area contributed by atoms with E-state index < -0.39 is 0 Å². The molecule has 2 heterocycles. The highest BCUT2D eigenvalue weighted by atomic mass is 79.9. The lowest BCUT2D eigenvalue weighted by atomic mass is 10.3. The number of rotatable bonds is 7. The maximum atomic E-state index is 5.72. The van der Waals surface area contributed by atoms with Gasteiger partial charge in [-0.2, -0.15) is 0 Å². The van der Waals surface area contributed by atoms with Crippen molar-refractivity contribution in [3.8, 4) is 0 Å². The minimum absolute atomic E-state index is 0.291. The molecule has 0 spiro atoms. The fourth-order valence-corrected chi connectivity index (χ4v) is 3.40. The summed E-state index contributed by atoms with van der Waals surface area (Å²) < 4.78 is 12.1. The van der Waals surface area contributed by atoms with Crippen LogP contribution < -0.4 is 10.6 Å². The molecule has 1 aromatic heterocycles. The molecule has 1 unspecified atom stereocenters. The van der Waals surface area contributed by atoms with Gasteiger partial charge in [0.05, 0.1) is 19.3 Å². The quantitative estimate of drug-likeness (QED) is 0.436. The van der Waals surface area contributed by atoms with Gasteiger partial charge in [0.15, 0.2) is 5.96 Å². The third kappa shape index (κ3) is 6.34. The number of nitrogens with zero attached hydrogens (tertiary/aromatic N) is 1. The van der Waals surface area contributed by atoms with Gasteiger partial charge in [-0.05, 0) is 34.8 Å². The van der Waals surface area contributed by atoms with Crippen LogP contribution in [-0.4, -0.2) is 45.5 Å². The maximum Gasteiger partial charge on any atom is 0.191 e. The molecule has 2 N–H and O–H groups in total. The third-order valence-electron chi connectivity index (χ3n) is 3.13. The maximum absolute atomic E-state index is 5.72. The van der Waals surface area contributed by atoms with E-state index in [1.165, 1.54) is 4.88 Å². The van der Waals surface area contributed by atoms with E-state index in [1.54, 1.807) is 18.4 Å². The highest BCUT2D eigenvalue weighted by Gasteiger charge is 2.15. The molecule has 0 aromatic carbocycles. The van der Waals surface area contributed by atoms with Gasteiger partial charge in [0.1, 0.15) is 0 Å². The molecule has 1 atom stereocenters. The first-order valence-electron chi connectivity index (χ1n) is 7.14. The van der Waals surface area contributed by atoms with Gasteiger partial charge in [0, 0.05) is 41.5 Å². The van der Waals surface area contributed by atoms with Crippen LogP contribution in [0.4, 0.5) is 0 Å². The molecule has 1 aliphatic rings. The zero-order valence-corrected chi connectivity index (χ0v) is 14.6. The first-order valence-corrected chi connectivity index (χ1v) is 8.82. The van der Waals surface area contributed by atoms with Crippen molar-refractivity contribution in [1.29, 1.82) is 0 Å². The Balaban J connectivity index is 1.55. The van der Waals surface area contributed by atoms with Gasteiger partial charge >= 0.3 is 0 Å². The van der Waals surface area contributed by atoms with Crippen LogP contribution in [0.3, 0.4) is 0 Å². The summed E-state index contributed by atoms with van der Waals surface area (Å²) in [6, 6.07) is 2.11. The number of hydrogen-bond acceptors (Lipinski definition) is 4. The number of nitrogens with one attached hydrogen (secondary N) is 2. The van der Waals surface area contributed by atoms with Gasteiger partial charge in [-0.25, -0.2) is 0 Å². The van der Waals surface area contributed by atoms with Crippen LogP contribution in [0.15, 0.2) is 20.9 Å². The number of thiophene rings is 1. The Morgan fingerprint density at radius 2 is 2.48 bits per heavy atom. The fourth-order valence-electron chi connectivity index (χ4n) is 2.01. The van der Waals surface area contributed by atoms with Gasteiger partial charge in [-0.15, -0.1) is 11.3 Å². The SMILES string of the molecule is CN=C(NCCCOC1CCOC1)NCc1cc(Br)cs1. The average Bonchev–Trinajstić information content (AvgIpc) is 3.13. The monoisotopic (exact) mass is 375 g/mol. The van der Waals surface area contributed by atoms with Gasteiger partial charge in [-0.1, -0.05) is 0 Å². The standard InChI is InChI=1S/C14H22BrN3O2S/c1-16-14(18-8-13-7-11(15)10-21-13)17-4-2-5-20-12-3-6-19-9-12/h7,10,12H,2-6,8-9H2,1H3,(H2,16,17,18). The Hall–Kier alpha value is -0.630. The highest BCUT2D eigenvalue weighted by molar-refractivity contribution is 9.10. The Morgan fingerprint density at radius 3 is 3.14 bits per heavy atom. The summed E-state index contributed by atoms with van der Waals surface area (Å²) in [7, 11) is 1.78. The van der Waals surface area contributed by atoms with E-state index in [9.17, 15) is 0 Å². The molecule has 0 amide bonds. The summed E-state index contributed by atoms with van der Waals surface area (Å²) in [5.41, 5.74) is 0. The van der Waals surface area contributed by atoms with Crippen molar-refractivity contribution >= 4 is 33.2 Å². The molecule has 0 saturated carbocycles. The largest absolute Gasteiger partial charge is 0.379 e. The van der Waals surface area contributed by atoms with Crippen molar-refractivity contribution in [1.82, 2.24) is 10.6 Å². The van der Waals surface area contributed by atoms with Crippen molar-refractivity contribution in [3.63, 3.8) is 0 Å². The summed E-state index contributed by atoms with van der Waals surface area (Å²) in [5.74, 6) is 0.823. The molecular formula is C14H22BrN3O2S. The van der Waals surface area contributed by atoms with Crippen molar-refractivity contribution in [2.45, 2.75) is 25.5 Å². The lowest BCUT2D eigenvalue weighted by molar-refractivity contribution is 0.0420. The van der Waals surface area contributed by atoms with E-state index >= 15 is 0 Å². The summed E-state index contributed by atoms with van der Waals surface area (Å²) in [6.45, 7) is 3.97. The Kier molecular flexibility index (Phi) is 7.49. The van der Waals surface area contributed by atoms with E-state index in [2.05, 4.69) is 43.0 Å². The molecule has 2 rings (SSSR count). The molecule has 1 saturated heterocycles. The number of hydrogen-bond donors (Lipinski definition) is 2. The van der Waals surface area contributed by atoms with E-state index in [-0.39, 0.29) is 0 Å². The third-order valence-corrected chi connectivity index (χ3v) is 4.83. The Labute approximate surface area is 138 Å². The normalized spacial score (nSPS) is 19.0. The lowest BCUT2D eigenvalue weighted by Gasteiger charge is -2.12. The van der Waals surface area contributed by atoms with Crippen LogP contribution in [0.5, 0.6) is 0 Å². The number of aliphatic imine (C=N–C) groups is 1. The van der Waals surface area contributed by atoms with Crippen LogP contribution in [0.1, 0.15) is 17.7 Å². The Bertz CT molecular complexity index is 447. The zero-order chi connectivity index (χ0) is 14.9. The highest BCUT2D eigenvalue weighted by Crippen LogP contribution is 2.19. The number of ether oxygens (including phenoxy) is 2. The summed E-state index contributed by atoms with van der Waals surface area (Å²) in [6.07, 6.45) is 2.27. The minimum atomic E-state index is 0.291. The fraction of sp³-hybridized carbons (Fsp3) is 0.643. The molecule has 21 heavy (non-hydrogen) atoms. The first kappa shape index (κ1) is 16.7. The smallest absolute Gasteiger partial charge is 0.191 e. The summed E-state index contributed by atoms with van der Waals surface area (Å²) >= 11 is 5.18. The van der Waals surface area contributed by atoms with Crippen LogP contribution >= 0.6 is 27.3 Å². The molecule has 0 bridgehead atoms. The van der Waals surface area contributed by atoms with Gasteiger partial charge in [-0.3, -0.25) is 4.99 Å². The molecule has 118 valence electrons. The second-order valence-corrected chi connectivity index (χ2v) is 6.71. The number of halogens is 1. The van der Waals surface area contributed by atoms with Crippen molar-refractivity contribution in [2.24, 2.45) is 4.99 Å². The number of guanidine groups is 1. The van der Waals surface area contributed by atoms with Crippen molar-refractivity contribution < 1.29 is 9.47 Å². The van der Waals surface area contributed by atoms with Gasteiger partial charge in [0.2, 0.25) is 0 Å². The van der Waals surface area contributed by atoms with E-state index in [1.807, 2.05) is 0 Å². The molecule has 0 radical (unpaired) electrons. The van der Waals surface area contributed by atoms with Crippen LogP contribution in [0, 0.1) is 0 Å². The topological polar surface area (TPSA) is 54.9 Å². The zero-order valence-electron chi connectivity index (χ0n) is 12.2. The van der Waals surface area contributed by atoms with Crippen molar-refractivity contribution in [2.75, 3.05) is 33.4 Å². The van der Waals surface area contributed by atoms with E-state index in [0.717, 1.165) is 56.2 Å². The van der Waals surface area contributed by atoms with Gasteiger partial charge < -0.3 is 20.1 Å². The van der Waals surface area contributed by atoms with E-state index in [0.29, 0.717) is 6.10 Å². The first-order chi connectivity index (χ1) is 10.3. The van der Waals surface area contributed by atoms with Crippen LogP contribution in [-0.2, 0) is 16.0 Å². The second-order valence-electron chi connectivity index (χ2n) is 4.79. The molecule has 1 aliphatic heterocycles. The minimum Gasteiger partial charge on any atom is -0.379 e. The molecular weight excluding hydrogens is 354 g/mol. The molecule has 1 fully saturated rings. The molecule has 7 heteroatoms. The van der Waals surface area contributed by atoms with Gasteiger partial charge in [0.25, 0.3) is 0 Å². The molecule has 5 nitrogen and oxygen atoms in total. The van der Waals surface area contributed by atoms with Crippen molar-refractivity contribution in [3.05, 3.63) is 20.8 Å². The molecule has 0 aliphatic carbocycles. The Morgan fingerprint density at radius 1 is 1.57 bits per heavy atom. The second kappa shape index (κ2) is 9.40. The van der Waals surface area contributed by atoms with Crippen LogP contribution in [0.2, 0.25) is 0 Å². The predicted octanol–water partition coefficient (Wildman–Crippen LogP) is 2.37. The predicted molar refractivity (Wildman–Crippen MR) is 90.0 cm³/mol. The van der Waals surface area contributed by atoms with Crippen LogP contribution in [0.25, 0.3) is 0 Å². The average molecular weight is 376 g/mol. The molecule has 1 aromatic rings.